The summed E-state index contributed by atoms with van der Waals surface area (Å²) >= 11 is 0. The van der Waals surface area contributed by atoms with E-state index >= 15 is 0 Å². The number of carbonyl (C=O) groups excluding carboxylic acids is 1. The predicted octanol–water partition coefficient (Wildman–Crippen LogP) is 3.74. The first-order valence-electron chi connectivity index (χ1n) is 9.92. The molecule has 1 aliphatic heterocycles. The van der Waals surface area contributed by atoms with E-state index in [1.54, 1.807) is 0 Å². The zero-order valence-electron chi connectivity index (χ0n) is 15.6. The lowest BCUT2D eigenvalue weighted by Gasteiger charge is -2.23. The number of ether oxygens (including phenoxy) is 1. The molecular formula is C20H27N3O3. The molecule has 2 atom stereocenters. The number of fused-ring (bicyclic) bond motifs is 1. The maximum atomic E-state index is 13.2. The predicted molar refractivity (Wildman–Crippen MR) is 98.3 cm³/mol. The Morgan fingerprint density at radius 2 is 2.19 bits per heavy atom. The summed E-state index contributed by atoms with van der Waals surface area (Å²) in [7, 11) is 0. The van der Waals surface area contributed by atoms with Gasteiger partial charge in [-0.05, 0) is 44.6 Å². The fourth-order valence-electron chi connectivity index (χ4n) is 3.83. The van der Waals surface area contributed by atoms with Crippen LogP contribution in [0.5, 0.6) is 0 Å². The van der Waals surface area contributed by atoms with Gasteiger partial charge in [0.15, 0.2) is 0 Å². The molecule has 4 rings (SSSR count). The molecule has 1 saturated heterocycles. The zero-order chi connectivity index (χ0) is 18.1. The van der Waals surface area contributed by atoms with Crippen LogP contribution in [0.1, 0.15) is 80.0 Å². The summed E-state index contributed by atoms with van der Waals surface area (Å²) in [5.41, 5.74) is 2.92. The van der Waals surface area contributed by atoms with Gasteiger partial charge >= 0.3 is 0 Å². The van der Waals surface area contributed by atoms with E-state index in [-0.39, 0.29) is 18.1 Å². The molecule has 0 unspecified atom stereocenters. The number of nitrogens with zero attached hydrogens (tertiary/aromatic N) is 2. The molecule has 0 radical (unpaired) electrons. The molecule has 0 aromatic carbocycles. The zero-order valence-corrected chi connectivity index (χ0v) is 15.6. The van der Waals surface area contributed by atoms with E-state index in [0.717, 1.165) is 68.3 Å². The smallest absolute Gasteiger partial charge is 0.259 e. The topological polar surface area (TPSA) is 77.2 Å². The van der Waals surface area contributed by atoms with Crippen molar-refractivity contribution in [3.63, 3.8) is 0 Å². The highest BCUT2D eigenvalue weighted by atomic mass is 16.5. The summed E-state index contributed by atoms with van der Waals surface area (Å²) in [6.45, 7) is 4.97. The van der Waals surface area contributed by atoms with E-state index in [0.29, 0.717) is 17.2 Å². The van der Waals surface area contributed by atoms with E-state index in [9.17, 15) is 4.79 Å². The van der Waals surface area contributed by atoms with Crippen molar-refractivity contribution in [1.29, 1.82) is 0 Å². The van der Waals surface area contributed by atoms with Crippen molar-refractivity contribution in [3.8, 4) is 0 Å². The SMILES string of the molecule is CCCc1noc2nc(C3CC3)cc(C(=O)N[C@H](CC)[C@@H]3CCCO3)c12. The number of carbonyl (C=O) groups is 1. The Morgan fingerprint density at radius 3 is 2.85 bits per heavy atom. The summed E-state index contributed by atoms with van der Waals surface area (Å²) in [6.07, 6.45) is 7.02. The molecule has 1 N–H and O–H groups in total. The van der Waals surface area contributed by atoms with Crippen LogP contribution in [0.25, 0.3) is 11.1 Å². The fraction of sp³-hybridized carbons (Fsp3) is 0.650. The third-order valence-corrected chi connectivity index (χ3v) is 5.43. The first-order valence-corrected chi connectivity index (χ1v) is 9.92. The summed E-state index contributed by atoms with van der Waals surface area (Å²) in [5, 5.41) is 8.16. The number of nitrogens with one attached hydrogen (secondary N) is 1. The van der Waals surface area contributed by atoms with Crippen molar-refractivity contribution >= 4 is 17.0 Å². The molecule has 1 amide bonds. The van der Waals surface area contributed by atoms with Gasteiger partial charge in [-0.15, -0.1) is 0 Å². The van der Waals surface area contributed by atoms with Crippen molar-refractivity contribution in [1.82, 2.24) is 15.5 Å². The highest BCUT2D eigenvalue weighted by Crippen LogP contribution is 2.40. The third kappa shape index (κ3) is 3.34. The quantitative estimate of drug-likeness (QED) is 0.817. The Bertz CT molecular complexity index is 791. The second-order valence-electron chi connectivity index (χ2n) is 7.47. The van der Waals surface area contributed by atoms with Crippen molar-refractivity contribution in [2.45, 2.75) is 76.9 Å². The number of aromatic nitrogens is 2. The summed E-state index contributed by atoms with van der Waals surface area (Å²) in [5.74, 6) is 0.382. The third-order valence-electron chi connectivity index (χ3n) is 5.43. The maximum Gasteiger partial charge on any atom is 0.259 e. The van der Waals surface area contributed by atoms with Crippen molar-refractivity contribution in [2.75, 3.05) is 6.61 Å². The number of amides is 1. The number of rotatable bonds is 7. The summed E-state index contributed by atoms with van der Waals surface area (Å²) in [4.78, 5) is 17.8. The number of hydrogen-bond acceptors (Lipinski definition) is 5. The van der Waals surface area contributed by atoms with Gasteiger partial charge in [-0.25, -0.2) is 4.98 Å². The highest BCUT2D eigenvalue weighted by molar-refractivity contribution is 6.06. The fourth-order valence-corrected chi connectivity index (χ4v) is 3.83. The molecule has 6 heteroatoms. The van der Waals surface area contributed by atoms with E-state index in [1.807, 2.05) is 6.07 Å². The Kier molecular flexibility index (Phi) is 4.94. The molecule has 6 nitrogen and oxygen atoms in total. The van der Waals surface area contributed by atoms with Gasteiger partial charge in [0.05, 0.1) is 28.8 Å². The molecular weight excluding hydrogens is 330 g/mol. The average molecular weight is 357 g/mol. The van der Waals surface area contributed by atoms with Gasteiger partial charge in [0.2, 0.25) is 0 Å². The van der Waals surface area contributed by atoms with Gasteiger partial charge in [0.1, 0.15) is 0 Å². The lowest BCUT2D eigenvalue weighted by Crippen LogP contribution is -2.42. The van der Waals surface area contributed by atoms with Gasteiger partial charge in [-0.3, -0.25) is 4.79 Å². The Balaban J connectivity index is 1.68. The normalized spacial score (nSPS) is 21.2. The van der Waals surface area contributed by atoms with Gasteiger partial charge in [0, 0.05) is 18.2 Å². The molecule has 1 aliphatic carbocycles. The Hall–Kier alpha value is -1.95. The maximum absolute atomic E-state index is 13.2. The van der Waals surface area contributed by atoms with Crippen molar-refractivity contribution in [3.05, 3.63) is 23.0 Å². The van der Waals surface area contributed by atoms with Crippen LogP contribution in [0, 0.1) is 0 Å². The Morgan fingerprint density at radius 1 is 1.35 bits per heavy atom. The second kappa shape index (κ2) is 7.35. The first kappa shape index (κ1) is 17.5. The molecule has 2 aromatic heterocycles. The first-order chi connectivity index (χ1) is 12.7. The van der Waals surface area contributed by atoms with E-state index < -0.39 is 0 Å². The van der Waals surface area contributed by atoms with Crippen LogP contribution < -0.4 is 5.32 Å². The Labute approximate surface area is 153 Å². The highest BCUT2D eigenvalue weighted by Gasteiger charge is 2.31. The van der Waals surface area contributed by atoms with Crippen LogP contribution in [-0.4, -0.2) is 34.8 Å². The van der Waals surface area contributed by atoms with Crippen LogP contribution in [0.15, 0.2) is 10.6 Å². The lowest BCUT2D eigenvalue weighted by molar-refractivity contribution is 0.0666. The molecule has 2 aromatic rings. The molecule has 0 bridgehead atoms. The monoisotopic (exact) mass is 357 g/mol. The minimum atomic E-state index is -0.0674. The number of pyridine rings is 1. The second-order valence-corrected chi connectivity index (χ2v) is 7.47. The van der Waals surface area contributed by atoms with Crippen LogP contribution in [0.4, 0.5) is 0 Å². The molecule has 140 valence electrons. The molecule has 3 heterocycles. The summed E-state index contributed by atoms with van der Waals surface area (Å²) in [6, 6.07) is 1.99. The molecule has 26 heavy (non-hydrogen) atoms. The van der Waals surface area contributed by atoms with E-state index in [1.165, 1.54) is 0 Å². The van der Waals surface area contributed by atoms with Gasteiger partial charge < -0.3 is 14.6 Å². The molecule has 2 aliphatic rings. The van der Waals surface area contributed by atoms with E-state index in [4.69, 9.17) is 9.26 Å². The van der Waals surface area contributed by atoms with Crippen LogP contribution in [0.2, 0.25) is 0 Å². The lowest BCUT2D eigenvalue weighted by atomic mass is 10.0. The summed E-state index contributed by atoms with van der Waals surface area (Å²) < 4.78 is 11.3. The van der Waals surface area contributed by atoms with Crippen LogP contribution >= 0.6 is 0 Å². The minimum absolute atomic E-state index is 0.0343. The number of hydrogen-bond donors (Lipinski definition) is 1. The van der Waals surface area contributed by atoms with Crippen LogP contribution in [0.3, 0.4) is 0 Å². The van der Waals surface area contributed by atoms with Gasteiger partial charge in [-0.2, -0.15) is 0 Å². The van der Waals surface area contributed by atoms with Crippen molar-refractivity contribution in [2.24, 2.45) is 0 Å². The van der Waals surface area contributed by atoms with Gasteiger partial charge in [-0.1, -0.05) is 25.4 Å². The minimum Gasteiger partial charge on any atom is -0.376 e. The van der Waals surface area contributed by atoms with Crippen molar-refractivity contribution < 1.29 is 14.1 Å². The standard InChI is InChI=1S/C20H27N3O3/c1-3-6-15-18-13(11-16(12-8-9-12)22-20(18)26-23-15)19(24)21-14(4-2)17-7-5-10-25-17/h11-12,14,17H,3-10H2,1-2H3,(H,21,24)/t14-,17+/m1/s1. The molecule has 1 saturated carbocycles. The number of aryl methyl sites for hydroxylation is 1. The molecule has 0 spiro atoms. The van der Waals surface area contributed by atoms with E-state index in [2.05, 4.69) is 29.3 Å². The van der Waals surface area contributed by atoms with Gasteiger partial charge in [0.25, 0.3) is 11.6 Å². The molecule has 2 fully saturated rings. The average Bonchev–Trinajstić information content (AvgIpc) is 3.21. The van der Waals surface area contributed by atoms with Crippen LogP contribution in [-0.2, 0) is 11.2 Å². The largest absolute Gasteiger partial charge is 0.376 e.